The van der Waals surface area contributed by atoms with Crippen LogP contribution in [0.4, 0.5) is 5.69 Å². The van der Waals surface area contributed by atoms with E-state index in [9.17, 15) is 4.79 Å². The topological polar surface area (TPSA) is 75.6 Å². The predicted octanol–water partition coefficient (Wildman–Crippen LogP) is 3.77. The molecule has 5 rings (SSSR count). The summed E-state index contributed by atoms with van der Waals surface area (Å²) >= 11 is 0. The van der Waals surface area contributed by atoms with Gasteiger partial charge in [0.2, 0.25) is 0 Å². The Morgan fingerprint density at radius 1 is 0.886 bits per heavy atom. The number of carbonyl (C=O) groups is 1. The van der Waals surface area contributed by atoms with Gasteiger partial charge in [-0.05, 0) is 30.3 Å². The Morgan fingerprint density at radius 2 is 1.60 bits per heavy atom. The number of aromatic amines is 1. The van der Waals surface area contributed by atoms with Gasteiger partial charge in [0.25, 0.3) is 5.91 Å². The third-order valence-corrected chi connectivity index (χ3v) is 6.28. The summed E-state index contributed by atoms with van der Waals surface area (Å²) in [6.07, 6.45) is 2.53. The third-order valence-electron chi connectivity index (χ3n) is 6.28. The van der Waals surface area contributed by atoms with Gasteiger partial charge in [0, 0.05) is 68.4 Å². The van der Waals surface area contributed by atoms with E-state index in [0.29, 0.717) is 25.2 Å². The molecule has 2 aromatic carbocycles. The number of aromatic nitrogens is 3. The van der Waals surface area contributed by atoms with Crippen molar-refractivity contribution >= 4 is 11.6 Å². The van der Waals surface area contributed by atoms with E-state index in [1.54, 1.807) is 18.9 Å². The molecule has 0 bridgehead atoms. The van der Waals surface area contributed by atoms with E-state index in [-0.39, 0.29) is 5.91 Å². The second kappa shape index (κ2) is 9.97. The quantitative estimate of drug-likeness (QED) is 0.444. The third kappa shape index (κ3) is 4.87. The number of benzene rings is 2. The van der Waals surface area contributed by atoms with Crippen LogP contribution in [-0.4, -0.2) is 66.0 Å². The molecular formula is C27H29N5O3. The molecule has 1 aliphatic heterocycles. The lowest BCUT2D eigenvalue weighted by Crippen LogP contribution is -2.49. The fourth-order valence-corrected chi connectivity index (χ4v) is 4.41. The Balaban J connectivity index is 1.35. The maximum atomic E-state index is 13.7. The fourth-order valence-electron chi connectivity index (χ4n) is 4.41. The van der Waals surface area contributed by atoms with Gasteiger partial charge in [0.15, 0.2) is 0 Å². The number of hydrogen-bond acceptors (Lipinski definition) is 5. The number of carbonyl (C=O) groups excluding carboxylic acids is 1. The molecule has 3 heterocycles. The Hall–Kier alpha value is -4.20. The standard InChI is InChI=1S/C27H29N5O3/c1-34-24-17-23(18-25(19-24)35-2)30-11-13-31(14-12-30)27(33)26-16-21(15-20-7-6-10-28-20)29-32(26)22-8-4-3-5-9-22/h3-10,16-19,28H,11-15H2,1-2H3. The van der Waals surface area contributed by atoms with Gasteiger partial charge in [0.1, 0.15) is 17.2 Å². The molecule has 1 saturated heterocycles. The van der Waals surface area contributed by atoms with Crippen LogP contribution in [0.15, 0.2) is 72.9 Å². The maximum absolute atomic E-state index is 13.7. The number of hydrogen-bond donors (Lipinski definition) is 1. The summed E-state index contributed by atoms with van der Waals surface area (Å²) in [6.45, 7) is 2.67. The highest BCUT2D eigenvalue weighted by molar-refractivity contribution is 5.93. The van der Waals surface area contributed by atoms with E-state index in [0.717, 1.165) is 47.4 Å². The molecule has 8 nitrogen and oxygen atoms in total. The monoisotopic (exact) mass is 471 g/mol. The van der Waals surface area contributed by atoms with Crippen LogP contribution in [-0.2, 0) is 6.42 Å². The van der Waals surface area contributed by atoms with Crippen molar-refractivity contribution in [1.82, 2.24) is 19.7 Å². The number of H-pyrrole nitrogens is 1. The Kier molecular flexibility index (Phi) is 6.43. The molecule has 1 fully saturated rings. The Morgan fingerprint density at radius 3 is 2.23 bits per heavy atom. The first-order valence-electron chi connectivity index (χ1n) is 11.7. The summed E-state index contributed by atoms with van der Waals surface area (Å²) < 4.78 is 12.6. The summed E-state index contributed by atoms with van der Waals surface area (Å²) in [4.78, 5) is 21.0. The molecule has 0 spiro atoms. The van der Waals surface area contributed by atoms with E-state index < -0.39 is 0 Å². The molecule has 4 aromatic rings. The minimum absolute atomic E-state index is 0.0121. The second-order valence-corrected chi connectivity index (χ2v) is 8.49. The van der Waals surface area contributed by atoms with Crippen LogP contribution in [0.3, 0.4) is 0 Å². The number of anilines is 1. The van der Waals surface area contributed by atoms with Gasteiger partial charge < -0.3 is 24.3 Å². The minimum atomic E-state index is -0.0121. The van der Waals surface area contributed by atoms with Crippen LogP contribution in [0.2, 0.25) is 0 Å². The van der Waals surface area contributed by atoms with Gasteiger partial charge in [-0.25, -0.2) is 4.68 Å². The first-order chi connectivity index (χ1) is 17.1. The van der Waals surface area contributed by atoms with Crippen molar-refractivity contribution in [2.24, 2.45) is 0 Å². The molecule has 0 unspecified atom stereocenters. The van der Waals surface area contributed by atoms with E-state index >= 15 is 0 Å². The summed E-state index contributed by atoms with van der Waals surface area (Å²) in [5.41, 5.74) is 4.38. The maximum Gasteiger partial charge on any atom is 0.272 e. The van der Waals surface area contributed by atoms with Crippen molar-refractivity contribution < 1.29 is 14.3 Å². The van der Waals surface area contributed by atoms with Crippen LogP contribution in [0, 0.1) is 0 Å². The molecule has 0 aliphatic carbocycles. The fraction of sp³-hybridized carbons (Fsp3) is 0.259. The average Bonchev–Trinajstić information content (AvgIpc) is 3.59. The Labute approximate surface area is 204 Å². The zero-order valence-corrected chi connectivity index (χ0v) is 20.0. The molecule has 2 aromatic heterocycles. The SMILES string of the molecule is COc1cc(OC)cc(N2CCN(C(=O)c3cc(Cc4ccc[nH]4)nn3-c3ccccc3)CC2)c1. The van der Waals surface area contributed by atoms with Crippen molar-refractivity contribution in [1.29, 1.82) is 0 Å². The molecule has 8 heteroatoms. The average molecular weight is 472 g/mol. The molecule has 1 N–H and O–H groups in total. The largest absolute Gasteiger partial charge is 0.497 e. The summed E-state index contributed by atoms with van der Waals surface area (Å²) in [5, 5.41) is 4.78. The van der Waals surface area contributed by atoms with Gasteiger partial charge >= 0.3 is 0 Å². The number of para-hydroxylation sites is 1. The van der Waals surface area contributed by atoms with Crippen molar-refractivity contribution in [3.8, 4) is 17.2 Å². The zero-order chi connectivity index (χ0) is 24.2. The van der Waals surface area contributed by atoms with Crippen LogP contribution < -0.4 is 14.4 Å². The molecule has 1 amide bonds. The first-order valence-corrected chi connectivity index (χ1v) is 11.7. The van der Waals surface area contributed by atoms with Gasteiger partial charge in [0.05, 0.1) is 25.6 Å². The lowest BCUT2D eigenvalue weighted by Gasteiger charge is -2.36. The molecule has 0 radical (unpaired) electrons. The van der Waals surface area contributed by atoms with E-state index in [4.69, 9.17) is 14.6 Å². The van der Waals surface area contributed by atoms with Gasteiger partial charge in [-0.1, -0.05) is 18.2 Å². The molecule has 35 heavy (non-hydrogen) atoms. The number of nitrogens with one attached hydrogen (secondary N) is 1. The summed E-state index contributed by atoms with van der Waals surface area (Å²) in [7, 11) is 3.30. The van der Waals surface area contributed by atoms with Gasteiger partial charge in [-0.3, -0.25) is 4.79 Å². The number of piperazine rings is 1. The lowest BCUT2D eigenvalue weighted by atomic mass is 10.2. The van der Waals surface area contributed by atoms with E-state index in [1.165, 1.54) is 0 Å². The normalized spacial score (nSPS) is 13.7. The van der Waals surface area contributed by atoms with Gasteiger partial charge in [-0.2, -0.15) is 5.10 Å². The molecule has 180 valence electrons. The van der Waals surface area contributed by atoms with Crippen LogP contribution in [0.1, 0.15) is 21.9 Å². The highest BCUT2D eigenvalue weighted by Gasteiger charge is 2.26. The predicted molar refractivity (Wildman–Crippen MR) is 135 cm³/mol. The van der Waals surface area contributed by atoms with Gasteiger partial charge in [-0.15, -0.1) is 0 Å². The molecule has 0 saturated carbocycles. The van der Waals surface area contributed by atoms with Crippen molar-refractivity contribution in [2.75, 3.05) is 45.3 Å². The van der Waals surface area contributed by atoms with Crippen molar-refractivity contribution in [2.45, 2.75) is 6.42 Å². The number of rotatable bonds is 7. The highest BCUT2D eigenvalue weighted by atomic mass is 16.5. The van der Waals surface area contributed by atoms with Crippen LogP contribution in [0.5, 0.6) is 11.5 Å². The van der Waals surface area contributed by atoms with Crippen molar-refractivity contribution in [3.63, 3.8) is 0 Å². The highest BCUT2D eigenvalue weighted by Crippen LogP contribution is 2.29. The smallest absolute Gasteiger partial charge is 0.272 e. The van der Waals surface area contributed by atoms with Crippen LogP contribution in [0.25, 0.3) is 5.69 Å². The number of ether oxygens (including phenoxy) is 2. The molecule has 0 atom stereocenters. The lowest BCUT2D eigenvalue weighted by molar-refractivity contribution is 0.0737. The number of methoxy groups -OCH3 is 2. The summed E-state index contributed by atoms with van der Waals surface area (Å²) in [5.74, 6) is 1.49. The van der Waals surface area contributed by atoms with Crippen LogP contribution >= 0.6 is 0 Å². The molecular weight excluding hydrogens is 442 g/mol. The molecule has 1 aliphatic rings. The summed E-state index contributed by atoms with van der Waals surface area (Å²) in [6, 6.07) is 21.6. The second-order valence-electron chi connectivity index (χ2n) is 8.49. The Bertz CT molecular complexity index is 1250. The zero-order valence-electron chi connectivity index (χ0n) is 20.0. The minimum Gasteiger partial charge on any atom is -0.497 e. The number of nitrogens with zero attached hydrogens (tertiary/aromatic N) is 4. The van der Waals surface area contributed by atoms with E-state index in [1.807, 2.05) is 77.8 Å². The van der Waals surface area contributed by atoms with Crippen molar-refractivity contribution in [3.05, 3.63) is 90.0 Å². The number of amides is 1. The van der Waals surface area contributed by atoms with E-state index in [2.05, 4.69) is 9.88 Å². The first kappa shape index (κ1) is 22.6.